The van der Waals surface area contributed by atoms with Gasteiger partial charge >= 0.3 is 0 Å². The van der Waals surface area contributed by atoms with Crippen LogP contribution in [-0.2, 0) is 19.4 Å². The van der Waals surface area contributed by atoms with Crippen LogP contribution < -0.4 is 10.5 Å². The highest BCUT2D eigenvalue weighted by Crippen LogP contribution is 2.23. The molecule has 0 aliphatic carbocycles. The van der Waals surface area contributed by atoms with Crippen molar-refractivity contribution in [3.63, 3.8) is 0 Å². The van der Waals surface area contributed by atoms with Gasteiger partial charge in [-0.25, -0.2) is 0 Å². The van der Waals surface area contributed by atoms with Crippen molar-refractivity contribution in [2.75, 3.05) is 6.54 Å². The smallest absolute Gasteiger partial charge is 0.226 e. The Bertz CT molecular complexity index is 557. The Labute approximate surface area is 123 Å². The highest BCUT2D eigenvalue weighted by atomic mass is 35.5. The molecule has 0 radical (unpaired) electrons. The number of benzene rings is 1. The van der Waals surface area contributed by atoms with E-state index in [-0.39, 0.29) is 6.61 Å². The maximum atomic E-state index is 5.97. The average molecular weight is 296 g/mol. The summed E-state index contributed by atoms with van der Waals surface area (Å²) in [6.45, 7) is 2.87. The maximum Gasteiger partial charge on any atom is 0.226 e. The number of aryl methyl sites for hydroxylation is 1. The predicted molar refractivity (Wildman–Crippen MR) is 76.8 cm³/mol. The van der Waals surface area contributed by atoms with Gasteiger partial charge in [0.25, 0.3) is 0 Å². The van der Waals surface area contributed by atoms with Gasteiger partial charge < -0.3 is 15.0 Å². The first-order valence-electron chi connectivity index (χ1n) is 6.65. The highest BCUT2D eigenvalue weighted by Gasteiger charge is 2.09. The van der Waals surface area contributed by atoms with E-state index >= 15 is 0 Å². The van der Waals surface area contributed by atoms with Crippen LogP contribution in [-0.4, -0.2) is 16.7 Å². The first kappa shape index (κ1) is 14.8. The second-order valence-corrected chi connectivity index (χ2v) is 4.87. The Kier molecular flexibility index (Phi) is 5.38. The lowest BCUT2D eigenvalue weighted by atomic mass is 10.1. The third-order valence-electron chi connectivity index (χ3n) is 2.77. The second kappa shape index (κ2) is 7.26. The largest absolute Gasteiger partial charge is 0.485 e. The molecular formula is C14H18ClN3O2. The van der Waals surface area contributed by atoms with Gasteiger partial charge in [-0.05, 0) is 43.1 Å². The van der Waals surface area contributed by atoms with Gasteiger partial charge in [-0.1, -0.05) is 23.7 Å². The molecule has 108 valence electrons. The molecule has 20 heavy (non-hydrogen) atoms. The fraction of sp³-hybridized carbons (Fsp3) is 0.429. The van der Waals surface area contributed by atoms with E-state index in [0.717, 1.165) is 24.2 Å². The van der Waals surface area contributed by atoms with Gasteiger partial charge in [-0.3, -0.25) is 0 Å². The number of hydrogen-bond acceptors (Lipinski definition) is 5. The van der Waals surface area contributed by atoms with Crippen molar-refractivity contribution in [3.05, 3.63) is 40.5 Å². The molecule has 0 aliphatic rings. The lowest BCUT2D eigenvalue weighted by Gasteiger charge is -2.09. The number of halogens is 1. The molecule has 5 nitrogen and oxygen atoms in total. The lowest BCUT2D eigenvalue weighted by Crippen LogP contribution is -2.06. The molecule has 6 heteroatoms. The summed E-state index contributed by atoms with van der Waals surface area (Å²) in [5, 5.41) is 4.55. The van der Waals surface area contributed by atoms with E-state index in [1.165, 1.54) is 0 Å². The third-order valence-corrected chi connectivity index (χ3v) is 3.00. The summed E-state index contributed by atoms with van der Waals surface area (Å²) in [7, 11) is 0. The summed E-state index contributed by atoms with van der Waals surface area (Å²) in [6, 6.07) is 5.48. The molecule has 1 aromatic heterocycles. The minimum absolute atomic E-state index is 0.270. The number of ether oxygens (including phenoxy) is 1. The average Bonchev–Trinajstić information content (AvgIpc) is 2.86. The van der Waals surface area contributed by atoms with Gasteiger partial charge in [0.2, 0.25) is 11.7 Å². The molecular weight excluding hydrogens is 278 g/mol. The van der Waals surface area contributed by atoms with Crippen LogP contribution in [0.4, 0.5) is 0 Å². The van der Waals surface area contributed by atoms with E-state index in [0.29, 0.717) is 29.7 Å². The molecule has 2 N–H and O–H groups in total. The molecule has 0 saturated carbocycles. The first-order valence-corrected chi connectivity index (χ1v) is 7.03. The molecule has 2 aromatic rings. The Balaban J connectivity index is 2.02. The molecule has 1 heterocycles. The van der Waals surface area contributed by atoms with Crippen molar-refractivity contribution >= 4 is 11.6 Å². The Morgan fingerprint density at radius 1 is 1.35 bits per heavy atom. The van der Waals surface area contributed by atoms with E-state index < -0.39 is 0 Å². The van der Waals surface area contributed by atoms with Gasteiger partial charge in [0.15, 0.2) is 6.61 Å². The van der Waals surface area contributed by atoms with Crippen LogP contribution in [0.2, 0.25) is 5.02 Å². The minimum atomic E-state index is 0.270. The molecule has 0 atom stereocenters. The summed E-state index contributed by atoms with van der Waals surface area (Å²) in [5.74, 6) is 1.94. The number of nitrogens with zero attached hydrogens (tertiary/aromatic N) is 2. The SMILES string of the molecule is CCCc1nc(COc2ccc(Cl)cc2CCN)no1. The molecule has 1 aromatic carbocycles. The monoisotopic (exact) mass is 295 g/mol. The summed E-state index contributed by atoms with van der Waals surface area (Å²) in [6.07, 6.45) is 2.47. The highest BCUT2D eigenvalue weighted by molar-refractivity contribution is 6.30. The molecule has 0 fully saturated rings. The summed E-state index contributed by atoms with van der Waals surface area (Å²) < 4.78 is 10.8. The van der Waals surface area contributed by atoms with Crippen molar-refractivity contribution in [3.8, 4) is 5.75 Å². The molecule has 0 aliphatic heterocycles. The van der Waals surface area contributed by atoms with Crippen molar-refractivity contribution < 1.29 is 9.26 Å². The maximum absolute atomic E-state index is 5.97. The molecule has 0 unspecified atom stereocenters. The van der Waals surface area contributed by atoms with Crippen molar-refractivity contribution in [1.82, 2.24) is 10.1 Å². The van der Waals surface area contributed by atoms with E-state index in [1.807, 2.05) is 12.1 Å². The van der Waals surface area contributed by atoms with Crippen LogP contribution in [0.15, 0.2) is 22.7 Å². The number of nitrogens with two attached hydrogens (primary N) is 1. The zero-order valence-electron chi connectivity index (χ0n) is 11.4. The summed E-state index contributed by atoms with van der Waals surface area (Å²) >= 11 is 5.97. The Morgan fingerprint density at radius 2 is 2.20 bits per heavy atom. The van der Waals surface area contributed by atoms with E-state index in [4.69, 9.17) is 26.6 Å². The Morgan fingerprint density at radius 3 is 2.95 bits per heavy atom. The number of aromatic nitrogens is 2. The van der Waals surface area contributed by atoms with E-state index in [9.17, 15) is 0 Å². The first-order chi connectivity index (χ1) is 9.72. The molecule has 0 saturated heterocycles. The molecule has 0 spiro atoms. The van der Waals surface area contributed by atoms with Crippen molar-refractivity contribution in [2.24, 2.45) is 5.73 Å². The topological polar surface area (TPSA) is 74.2 Å². The van der Waals surface area contributed by atoms with Crippen LogP contribution in [0.25, 0.3) is 0 Å². The normalized spacial score (nSPS) is 10.8. The zero-order valence-corrected chi connectivity index (χ0v) is 12.2. The standard InChI is InChI=1S/C14H18ClN3O2/c1-2-3-14-17-13(18-20-14)9-19-12-5-4-11(15)8-10(12)6-7-16/h4-5,8H,2-3,6-7,9,16H2,1H3. The molecule has 2 rings (SSSR count). The van der Waals surface area contributed by atoms with Crippen LogP contribution in [0.5, 0.6) is 5.75 Å². The molecule has 0 bridgehead atoms. The van der Waals surface area contributed by atoms with Gasteiger partial charge in [0, 0.05) is 11.4 Å². The van der Waals surface area contributed by atoms with Gasteiger partial charge in [-0.15, -0.1) is 0 Å². The van der Waals surface area contributed by atoms with Crippen LogP contribution in [0.1, 0.15) is 30.6 Å². The van der Waals surface area contributed by atoms with E-state index in [1.54, 1.807) is 6.07 Å². The van der Waals surface area contributed by atoms with Crippen molar-refractivity contribution in [1.29, 1.82) is 0 Å². The van der Waals surface area contributed by atoms with E-state index in [2.05, 4.69) is 17.1 Å². The second-order valence-electron chi connectivity index (χ2n) is 4.43. The minimum Gasteiger partial charge on any atom is -0.485 e. The summed E-state index contributed by atoms with van der Waals surface area (Å²) in [5.41, 5.74) is 6.57. The number of rotatable bonds is 7. The predicted octanol–water partition coefficient (Wildman–Crippen LogP) is 2.76. The van der Waals surface area contributed by atoms with Crippen LogP contribution >= 0.6 is 11.6 Å². The fourth-order valence-corrected chi connectivity index (χ4v) is 2.04. The van der Waals surface area contributed by atoms with Gasteiger partial charge in [-0.2, -0.15) is 4.98 Å². The molecule has 0 amide bonds. The third kappa shape index (κ3) is 3.95. The van der Waals surface area contributed by atoms with Crippen LogP contribution in [0.3, 0.4) is 0 Å². The Hall–Kier alpha value is -1.59. The lowest BCUT2D eigenvalue weighted by molar-refractivity contribution is 0.282. The quantitative estimate of drug-likeness (QED) is 0.850. The number of hydrogen-bond donors (Lipinski definition) is 1. The fourth-order valence-electron chi connectivity index (χ4n) is 1.85. The van der Waals surface area contributed by atoms with Gasteiger partial charge in [0.1, 0.15) is 5.75 Å². The van der Waals surface area contributed by atoms with Crippen molar-refractivity contribution in [2.45, 2.75) is 32.8 Å². The van der Waals surface area contributed by atoms with Gasteiger partial charge in [0.05, 0.1) is 0 Å². The van der Waals surface area contributed by atoms with Crippen LogP contribution in [0, 0.1) is 0 Å². The summed E-state index contributed by atoms with van der Waals surface area (Å²) in [4.78, 5) is 4.25. The zero-order chi connectivity index (χ0) is 14.4.